The number of amides is 1. The Labute approximate surface area is 215 Å². The smallest absolute Gasteiger partial charge is 0.335 e. The number of carbonyl (C=O) groups excluding carboxylic acids is 1. The molecule has 1 aliphatic heterocycles. The topological polar surface area (TPSA) is 97.2 Å². The number of amidine groups is 1. The first-order valence-electron chi connectivity index (χ1n) is 10.2. The Balaban J connectivity index is 1.46. The number of methoxy groups -OCH3 is 1. The highest BCUT2D eigenvalue weighted by Gasteiger charge is 2.24. The molecule has 0 saturated carbocycles. The number of carboxylic acids is 1. The van der Waals surface area contributed by atoms with Crippen LogP contribution in [0, 0.1) is 0 Å². The van der Waals surface area contributed by atoms with E-state index >= 15 is 0 Å². The summed E-state index contributed by atoms with van der Waals surface area (Å²) in [5.41, 5.74) is 2.34. The molecule has 4 rings (SSSR count). The molecule has 3 aromatic carbocycles. The maximum absolute atomic E-state index is 12.4. The summed E-state index contributed by atoms with van der Waals surface area (Å²) in [7, 11) is 1.53. The van der Waals surface area contributed by atoms with E-state index in [1.54, 1.807) is 54.6 Å². The summed E-state index contributed by atoms with van der Waals surface area (Å²) in [6.45, 7) is 0.240. The fraction of sp³-hybridized carbons (Fsp3) is 0.0800. The first-order chi connectivity index (χ1) is 16.8. The Morgan fingerprint density at radius 1 is 1.06 bits per heavy atom. The molecule has 1 amide bonds. The van der Waals surface area contributed by atoms with Gasteiger partial charge in [-0.2, -0.15) is 0 Å². The van der Waals surface area contributed by atoms with E-state index in [1.165, 1.54) is 31.0 Å². The van der Waals surface area contributed by atoms with Crippen LogP contribution >= 0.6 is 35.0 Å². The van der Waals surface area contributed by atoms with Crippen molar-refractivity contribution < 1.29 is 24.2 Å². The van der Waals surface area contributed by atoms with Crippen molar-refractivity contribution in [3.8, 4) is 11.5 Å². The molecule has 0 bridgehead atoms. The average molecular weight is 529 g/mol. The van der Waals surface area contributed by atoms with E-state index < -0.39 is 5.97 Å². The molecule has 0 aromatic heterocycles. The largest absolute Gasteiger partial charge is 0.493 e. The maximum Gasteiger partial charge on any atom is 0.335 e. The third-order valence-corrected chi connectivity index (χ3v) is 6.51. The van der Waals surface area contributed by atoms with Gasteiger partial charge >= 0.3 is 5.97 Å². The highest BCUT2D eigenvalue weighted by atomic mass is 35.5. The lowest BCUT2D eigenvalue weighted by atomic mass is 10.1. The predicted octanol–water partition coefficient (Wildman–Crippen LogP) is 6.17. The number of carbonyl (C=O) groups is 2. The van der Waals surface area contributed by atoms with Gasteiger partial charge in [0.15, 0.2) is 16.7 Å². The lowest BCUT2D eigenvalue weighted by molar-refractivity contribution is -0.115. The van der Waals surface area contributed by atoms with Gasteiger partial charge in [0.2, 0.25) is 0 Å². The Bertz CT molecular complexity index is 1360. The number of nitrogens with one attached hydrogen (secondary N) is 1. The predicted molar refractivity (Wildman–Crippen MR) is 138 cm³/mol. The number of aromatic carboxylic acids is 1. The van der Waals surface area contributed by atoms with Gasteiger partial charge < -0.3 is 19.9 Å². The Morgan fingerprint density at radius 3 is 2.51 bits per heavy atom. The van der Waals surface area contributed by atoms with Crippen LogP contribution in [0.15, 0.2) is 70.6 Å². The fourth-order valence-electron chi connectivity index (χ4n) is 3.10. The molecular formula is C25H18Cl2N2O5S. The lowest BCUT2D eigenvalue weighted by Gasteiger charge is -2.11. The van der Waals surface area contributed by atoms with Crippen molar-refractivity contribution in [1.82, 2.24) is 5.32 Å². The average Bonchev–Trinajstić information content (AvgIpc) is 3.18. The molecule has 1 saturated heterocycles. The minimum absolute atomic E-state index is 0.211. The highest BCUT2D eigenvalue weighted by Crippen LogP contribution is 2.33. The van der Waals surface area contributed by atoms with Crippen molar-refractivity contribution in [3.05, 3.63) is 92.3 Å². The quantitative estimate of drug-likeness (QED) is 0.356. The monoisotopic (exact) mass is 528 g/mol. The number of aliphatic imine (C=N–C) groups is 1. The van der Waals surface area contributed by atoms with Gasteiger partial charge in [-0.25, -0.2) is 9.79 Å². The SMILES string of the molecule is COc1cc(/C=C2/SC(=Nc3ccc(Cl)c(Cl)c3)NC2=O)ccc1OCc1ccc(C(=O)O)cc1. The number of ether oxygens (including phenoxy) is 2. The van der Waals surface area contributed by atoms with Crippen molar-refractivity contribution in [1.29, 1.82) is 0 Å². The van der Waals surface area contributed by atoms with Crippen LogP contribution in [0.25, 0.3) is 6.08 Å². The van der Waals surface area contributed by atoms with Gasteiger partial charge in [0.1, 0.15) is 6.61 Å². The molecular weight excluding hydrogens is 511 g/mol. The first kappa shape index (κ1) is 24.7. The zero-order valence-electron chi connectivity index (χ0n) is 18.2. The standard InChI is InChI=1S/C25H18Cl2N2O5S/c1-33-21-10-15(4-9-20(21)34-13-14-2-5-16(6-3-14)24(31)32)11-22-23(30)29-25(35-22)28-17-7-8-18(26)19(27)12-17/h2-12H,13H2,1H3,(H,31,32)(H,28,29,30)/b22-11+. The van der Waals surface area contributed by atoms with Crippen molar-refractivity contribution >= 4 is 63.8 Å². The van der Waals surface area contributed by atoms with Crippen molar-refractivity contribution in [3.63, 3.8) is 0 Å². The molecule has 0 spiro atoms. The second kappa shape index (κ2) is 10.9. The number of benzene rings is 3. The molecule has 178 valence electrons. The van der Waals surface area contributed by atoms with E-state index in [9.17, 15) is 9.59 Å². The zero-order valence-corrected chi connectivity index (χ0v) is 20.6. The van der Waals surface area contributed by atoms with Gasteiger partial charge in [-0.1, -0.05) is 41.4 Å². The van der Waals surface area contributed by atoms with E-state index in [-0.39, 0.29) is 18.1 Å². The number of hydrogen-bond acceptors (Lipinski definition) is 6. The van der Waals surface area contributed by atoms with Crippen molar-refractivity contribution in [2.75, 3.05) is 7.11 Å². The Kier molecular flexibility index (Phi) is 7.65. The van der Waals surface area contributed by atoms with Crippen LogP contribution < -0.4 is 14.8 Å². The molecule has 1 fully saturated rings. The van der Waals surface area contributed by atoms with Gasteiger partial charge in [-0.05, 0) is 71.4 Å². The second-order valence-electron chi connectivity index (χ2n) is 7.28. The van der Waals surface area contributed by atoms with Crippen molar-refractivity contribution in [2.45, 2.75) is 6.61 Å². The van der Waals surface area contributed by atoms with Gasteiger partial charge in [-0.15, -0.1) is 0 Å². The molecule has 1 heterocycles. The second-order valence-corrected chi connectivity index (χ2v) is 9.13. The number of rotatable bonds is 7. The van der Waals surface area contributed by atoms with Gasteiger partial charge in [0.05, 0.1) is 33.3 Å². The van der Waals surface area contributed by atoms with Crippen molar-refractivity contribution in [2.24, 2.45) is 4.99 Å². The van der Waals surface area contributed by atoms with Gasteiger partial charge in [0, 0.05) is 0 Å². The van der Waals surface area contributed by atoms with Crippen LogP contribution in [0.1, 0.15) is 21.5 Å². The van der Waals surface area contributed by atoms with Crippen LogP contribution in [-0.4, -0.2) is 29.3 Å². The number of nitrogens with zero attached hydrogens (tertiary/aromatic N) is 1. The van der Waals surface area contributed by atoms with Crippen LogP contribution in [0.2, 0.25) is 10.0 Å². The normalized spacial score (nSPS) is 15.3. The first-order valence-corrected chi connectivity index (χ1v) is 11.8. The molecule has 0 atom stereocenters. The summed E-state index contributed by atoms with van der Waals surface area (Å²) in [5.74, 6) is -0.236. The lowest BCUT2D eigenvalue weighted by Crippen LogP contribution is -2.19. The fourth-order valence-corrected chi connectivity index (χ4v) is 4.24. The third-order valence-electron chi connectivity index (χ3n) is 4.87. The Morgan fingerprint density at radius 2 is 1.83 bits per heavy atom. The van der Waals surface area contributed by atoms with Gasteiger partial charge in [-0.3, -0.25) is 4.79 Å². The van der Waals surface area contributed by atoms with E-state index in [4.69, 9.17) is 37.8 Å². The number of carboxylic acid groups (broad SMARTS) is 1. The van der Waals surface area contributed by atoms with Crippen LogP contribution in [0.5, 0.6) is 11.5 Å². The number of thioether (sulfide) groups is 1. The number of halogens is 2. The van der Waals surface area contributed by atoms with E-state index in [2.05, 4.69) is 10.3 Å². The molecule has 10 heteroatoms. The third kappa shape index (κ3) is 6.16. The summed E-state index contributed by atoms with van der Waals surface area (Å²) >= 11 is 13.2. The molecule has 1 aliphatic rings. The van der Waals surface area contributed by atoms with E-state index in [0.29, 0.717) is 37.3 Å². The van der Waals surface area contributed by atoms with Gasteiger partial charge in [0.25, 0.3) is 5.91 Å². The molecule has 0 aliphatic carbocycles. The maximum atomic E-state index is 12.4. The Hall–Kier alpha value is -3.46. The molecule has 7 nitrogen and oxygen atoms in total. The summed E-state index contributed by atoms with van der Waals surface area (Å²) in [6.07, 6.45) is 1.73. The molecule has 2 N–H and O–H groups in total. The minimum Gasteiger partial charge on any atom is -0.493 e. The van der Waals surface area contributed by atoms with Crippen LogP contribution in [0.3, 0.4) is 0 Å². The number of hydrogen-bond donors (Lipinski definition) is 2. The molecule has 35 heavy (non-hydrogen) atoms. The van der Waals surface area contributed by atoms with E-state index in [0.717, 1.165) is 11.1 Å². The summed E-state index contributed by atoms with van der Waals surface area (Å²) in [5, 5.41) is 13.0. The molecule has 0 radical (unpaired) electrons. The summed E-state index contributed by atoms with van der Waals surface area (Å²) < 4.78 is 11.3. The van der Waals surface area contributed by atoms with E-state index in [1.807, 2.05) is 0 Å². The molecule has 3 aromatic rings. The summed E-state index contributed by atoms with van der Waals surface area (Å²) in [4.78, 5) is 28.3. The molecule has 0 unspecified atom stereocenters. The van der Waals surface area contributed by atoms with Crippen LogP contribution in [0.4, 0.5) is 5.69 Å². The highest BCUT2D eigenvalue weighted by molar-refractivity contribution is 8.18. The zero-order chi connectivity index (χ0) is 24.9. The minimum atomic E-state index is -0.981. The van der Waals surface area contributed by atoms with Crippen LogP contribution in [-0.2, 0) is 11.4 Å². The summed E-state index contributed by atoms with van der Waals surface area (Å²) in [6, 6.07) is 16.7.